The summed E-state index contributed by atoms with van der Waals surface area (Å²) in [5.74, 6) is -0.635. The molecule has 0 aromatic heterocycles. The van der Waals surface area contributed by atoms with E-state index in [4.69, 9.17) is 16.4 Å². The van der Waals surface area contributed by atoms with Crippen LogP contribution in [-0.2, 0) is 4.84 Å². The van der Waals surface area contributed by atoms with E-state index in [1.807, 2.05) is 11.3 Å². The lowest BCUT2D eigenvalue weighted by Crippen LogP contribution is -2.34. The maximum absolute atomic E-state index is 14.8. The highest BCUT2D eigenvalue weighted by molar-refractivity contribution is 8.13. The number of allylic oxidation sites excluding steroid dienone is 2. The minimum Gasteiger partial charge on any atom is -0.394 e. The quantitative estimate of drug-likeness (QED) is 0.687. The maximum Gasteiger partial charge on any atom is 0.207 e. The fraction of sp³-hybridized carbons (Fsp3) is 0.462. The zero-order valence-corrected chi connectivity index (χ0v) is 12.8. The molecule has 21 heavy (non-hydrogen) atoms. The molecule has 8 heteroatoms. The van der Waals surface area contributed by atoms with Crippen molar-refractivity contribution in [1.29, 1.82) is 0 Å². The Kier molecular flexibility index (Phi) is 3.08. The van der Waals surface area contributed by atoms with Gasteiger partial charge in [0.15, 0.2) is 5.83 Å². The second-order valence-corrected chi connectivity index (χ2v) is 6.25. The average Bonchev–Trinajstić information content (AvgIpc) is 2.98. The van der Waals surface area contributed by atoms with Crippen molar-refractivity contribution in [2.45, 2.75) is 12.8 Å². The molecule has 0 saturated heterocycles. The van der Waals surface area contributed by atoms with Crippen LogP contribution in [0.2, 0.25) is 0 Å². The Labute approximate surface area is 130 Å². The molecule has 0 amide bonds. The highest BCUT2D eigenvalue weighted by Crippen LogP contribution is 2.41. The number of halogens is 2. The van der Waals surface area contributed by atoms with Crippen LogP contribution < -0.4 is 0 Å². The molecule has 0 bridgehead atoms. The van der Waals surface area contributed by atoms with E-state index in [9.17, 15) is 4.39 Å². The van der Waals surface area contributed by atoms with E-state index < -0.39 is 5.83 Å². The number of aliphatic imine (C=N–C) groups is 1. The Balaban J connectivity index is 1.98. The summed E-state index contributed by atoms with van der Waals surface area (Å²) in [7, 11) is 0. The predicted molar refractivity (Wildman–Crippen MR) is 82.2 cm³/mol. The van der Waals surface area contributed by atoms with Crippen molar-refractivity contribution in [1.82, 2.24) is 5.01 Å². The lowest BCUT2D eigenvalue weighted by Gasteiger charge is -2.33. The second-order valence-electron chi connectivity index (χ2n) is 5.10. The van der Waals surface area contributed by atoms with E-state index >= 15 is 0 Å². The number of oxime groups is 1. The van der Waals surface area contributed by atoms with Crippen LogP contribution in [0, 0.1) is 5.92 Å². The van der Waals surface area contributed by atoms with Crippen LogP contribution in [0.15, 0.2) is 37.4 Å². The summed E-state index contributed by atoms with van der Waals surface area (Å²) >= 11 is 7.58. The van der Waals surface area contributed by atoms with Gasteiger partial charge in [0.1, 0.15) is 23.1 Å². The summed E-state index contributed by atoms with van der Waals surface area (Å²) in [5, 5.41) is 10.8. The molecule has 0 aromatic carbocycles. The zero-order chi connectivity index (χ0) is 14.6. The minimum atomic E-state index is -0.538. The normalized spacial score (nSPS) is 27.5. The molecular weight excluding hydrogens is 315 g/mol. The smallest absolute Gasteiger partial charge is 0.207 e. The van der Waals surface area contributed by atoms with Crippen LogP contribution in [0.25, 0.3) is 0 Å². The van der Waals surface area contributed by atoms with Crippen LogP contribution in [-0.4, -0.2) is 41.0 Å². The predicted octanol–water partition coefficient (Wildman–Crippen LogP) is 2.86. The number of hydrogen-bond donors (Lipinski definition) is 0. The number of rotatable bonds is 0. The minimum absolute atomic E-state index is 0.00736. The number of hydrazone groups is 1. The molecule has 3 heterocycles. The highest BCUT2D eigenvalue weighted by atomic mass is 35.5. The van der Waals surface area contributed by atoms with Gasteiger partial charge in [-0.1, -0.05) is 28.5 Å². The first-order chi connectivity index (χ1) is 10.2. The highest BCUT2D eigenvalue weighted by Gasteiger charge is 2.42. The molecule has 4 rings (SSSR count). The van der Waals surface area contributed by atoms with Crippen LogP contribution in [0.4, 0.5) is 4.39 Å². The fourth-order valence-corrected chi connectivity index (χ4v) is 3.66. The van der Waals surface area contributed by atoms with Gasteiger partial charge in [-0.25, -0.2) is 9.38 Å². The number of fused-ring (bicyclic) bond motifs is 2. The first-order valence-corrected chi connectivity index (χ1v) is 8.29. The third kappa shape index (κ3) is 1.87. The molecule has 5 nitrogen and oxygen atoms in total. The number of thioether (sulfide) groups is 1. The van der Waals surface area contributed by atoms with Crippen molar-refractivity contribution in [3.63, 3.8) is 0 Å². The molecule has 0 fully saturated rings. The van der Waals surface area contributed by atoms with Crippen molar-refractivity contribution in [2.75, 3.05) is 19.4 Å². The monoisotopic (exact) mass is 326 g/mol. The van der Waals surface area contributed by atoms with E-state index in [0.29, 0.717) is 17.5 Å². The van der Waals surface area contributed by atoms with Crippen molar-refractivity contribution in [3.05, 3.63) is 22.1 Å². The molecular formula is C13H12ClFN4OS. The Morgan fingerprint density at radius 2 is 2.33 bits per heavy atom. The van der Waals surface area contributed by atoms with E-state index in [0.717, 1.165) is 30.7 Å². The topological polar surface area (TPSA) is 49.5 Å². The van der Waals surface area contributed by atoms with Crippen molar-refractivity contribution in [3.8, 4) is 0 Å². The lowest BCUT2D eigenvalue weighted by molar-refractivity contribution is 0.158. The molecule has 3 aliphatic heterocycles. The van der Waals surface area contributed by atoms with Gasteiger partial charge in [-0.3, -0.25) is 5.01 Å². The van der Waals surface area contributed by atoms with Gasteiger partial charge in [0.2, 0.25) is 5.17 Å². The Hall–Kier alpha value is -1.34. The van der Waals surface area contributed by atoms with Crippen LogP contribution in [0.3, 0.4) is 0 Å². The summed E-state index contributed by atoms with van der Waals surface area (Å²) < 4.78 is 14.8. The third-order valence-corrected chi connectivity index (χ3v) is 4.88. The van der Waals surface area contributed by atoms with Gasteiger partial charge < -0.3 is 4.84 Å². The van der Waals surface area contributed by atoms with E-state index in [2.05, 4.69) is 15.2 Å². The second kappa shape index (κ2) is 4.84. The molecule has 4 aliphatic rings. The number of amidine groups is 1. The largest absolute Gasteiger partial charge is 0.394 e. The zero-order valence-electron chi connectivity index (χ0n) is 11.3. The summed E-state index contributed by atoms with van der Waals surface area (Å²) in [5.41, 5.74) is 2.58. The summed E-state index contributed by atoms with van der Waals surface area (Å²) in [4.78, 5) is 9.49. The molecule has 1 atom stereocenters. The summed E-state index contributed by atoms with van der Waals surface area (Å²) in [6.45, 7) is 1.16. The van der Waals surface area contributed by atoms with Crippen molar-refractivity contribution >= 4 is 40.0 Å². The Bertz CT molecular complexity index is 682. The standard InChI is InChI=1S/C13H12ClFN4OS/c1-21-13-16-11-9(15)8(14)10-7(5-20-18-10)6-3-2-4-19(17-13)12(6)11/h7H,2-5H2,1H3/t7-/m0/s1. The van der Waals surface area contributed by atoms with E-state index in [1.165, 1.54) is 11.8 Å². The van der Waals surface area contributed by atoms with Crippen molar-refractivity contribution < 1.29 is 9.23 Å². The van der Waals surface area contributed by atoms with E-state index in [-0.39, 0.29) is 16.7 Å². The van der Waals surface area contributed by atoms with Gasteiger partial charge in [0.05, 0.1) is 11.6 Å². The van der Waals surface area contributed by atoms with Crippen LogP contribution >= 0.6 is 23.4 Å². The first kappa shape index (κ1) is 13.3. The molecule has 0 N–H and O–H groups in total. The molecule has 0 saturated carbocycles. The molecule has 1 aliphatic carbocycles. The number of nitrogens with zero attached hydrogens (tertiary/aromatic N) is 4. The van der Waals surface area contributed by atoms with Crippen LogP contribution in [0.1, 0.15) is 12.8 Å². The maximum atomic E-state index is 14.8. The average molecular weight is 327 g/mol. The van der Waals surface area contributed by atoms with E-state index in [1.54, 1.807) is 0 Å². The van der Waals surface area contributed by atoms with Crippen molar-refractivity contribution in [2.24, 2.45) is 21.2 Å². The fourth-order valence-electron chi connectivity index (χ4n) is 3.04. The van der Waals surface area contributed by atoms with Gasteiger partial charge >= 0.3 is 0 Å². The van der Waals surface area contributed by atoms with Gasteiger partial charge in [-0.05, 0) is 24.7 Å². The van der Waals surface area contributed by atoms with Gasteiger partial charge in [0.25, 0.3) is 0 Å². The lowest BCUT2D eigenvalue weighted by atomic mass is 9.88. The first-order valence-electron chi connectivity index (χ1n) is 6.68. The number of hydrogen-bond acceptors (Lipinski definition) is 6. The molecule has 0 aromatic rings. The molecule has 0 unspecified atom stereocenters. The SMILES string of the molecule is CSC1=NN2CCCC3=C2C(=N1)C(F)=C(Cl)C1=NOC[C@H]13. The van der Waals surface area contributed by atoms with Gasteiger partial charge in [-0.2, -0.15) is 0 Å². The van der Waals surface area contributed by atoms with Gasteiger partial charge in [0, 0.05) is 6.54 Å². The van der Waals surface area contributed by atoms with Gasteiger partial charge in [-0.15, -0.1) is 5.10 Å². The Morgan fingerprint density at radius 1 is 1.48 bits per heavy atom. The summed E-state index contributed by atoms with van der Waals surface area (Å²) in [6.07, 6.45) is 3.69. The molecule has 0 radical (unpaired) electrons. The van der Waals surface area contributed by atoms with Crippen LogP contribution in [0.5, 0.6) is 0 Å². The summed E-state index contributed by atoms with van der Waals surface area (Å²) in [6, 6.07) is 0. The molecule has 110 valence electrons. The molecule has 0 spiro atoms. The third-order valence-electron chi connectivity index (χ3n) is 3.98. The Morgan fingerprint density at radius 3 is 3.14 bits per heavy atom.